The lowest BCUT2D eigenvalue weighted by Gasteiger charge is -1.93. The van der Waals surface area contributed by atoms with Crippen molar-refractivity contribution in [3.8, 4) is 11.3 Å². The van der Waals surface area contributed by atoms with E-state index in [0.29, 0.717) is 16.3 Å². The predicted molar refractivity (Wildman–Crippen MR) is 48.2 cm³/mol. The van der Waals surface area contributed by atoms with Gasteiger partial charge in [-0.2, -0.15) is 5.84 Å². The molecule has 5 nitrogen and oxygen atoms in total. The fourth-order valence-corrected chi connectivity index (χ4v) is 1.12. The molecule has 0 bridgehead atoms. The molecule has 69 valence electrons. The Hall–Kier alpha value is -2.17. The minimum atomic E-state index is 0.299. The molecule has 0 spiro atoms. The van der Waals surface area contributed by atoms with Crippen molar-refractivity contribution in [3.05, 3.63) is 41.8 Å². The van der Waals surface area contributed by atoms with Gasteiger partial charge in [-0.1, -0.05) is 12.1 Å². The predicted octanol–water partition coefficient (Wildman–Crippen LogP) is 1.43. The van der Waals surface area contributed by atoms with Crippen LogP contribution < -0.4 is 5.84 Å². The van der Waals surface area contributed by atoms with Crippen molar-refractivity contribution >= 4 is 5.69 Å². The highest BCUT2D eigenvalue weighted by molar-refractivity contribution is 5.60. The number of nitrogens with two attached hydrogens (primary N) is 1. The molecule has 1 heterocycles. The van der Waals surface area contributed by atoms with E-state index in [2.05, 4.69) is 11.4 Å². The molecule has 0 aliphatic rings. The van der Waals surface area contributed by atoms with Crippen molar-refractivity contribution in [1.29, 1.82) is 0 Å². The van der Waals surface area contributed by atoms with Crippen LogP contribution in [0.15, 0.2) is 34.9 Å². The summed E-state index contributed by atoms with van der Waals surface area (Å²) < 4.78 is 4.71. The Morgan fingerprint density at radius 1 is 1.50 bits per heavy atom. The first-order valence-electron chi connectivity index (χ1n) is 3.91. The van der Waals surface area contributed by atoms with Crippen molar-refractivity contribution in [3.63, 3.8) is 0 Å². The van der Waals surface area contributed by atoms with Gasteiger partial charge in [-0.25, -0.2) is 4.98 Å². The Morgan fingerprint density at radius 2 is 2.36 bits per heavy atom. The van der Waals surface area contributed by atoms with Crippen molar-refractivity contribution in [2.75, 3.05) is 0 Å². The van der Waals surface area contributed by atoms with Crippen LogP contribution >= 0.6 is 0 Å². The monoisotopic (exact) mass is 189 g/mol. The summed E-state index contributed by atoms with van der Waals surface area (Å²) in [5, 5.41) is 0. The van der Waals surface area contributed by atoms with Crippen molar-refractivity contribution in [2.24, 2.45) is 5.84 Å². The van der Waals surface area contributed by atoms with Gasteiger partial charge in [0.05, 0.1) is 4.91 Å². The molecule has 1 aromatic heterocycles. The highest BCUT2D eigenvalue weighted by atomic mass is 16.3. The van der Waals surface area contributed by atoms with E-state index in [0.717, 1.165) is 5.56 Å². The Bertz CT molecular complexity index is 451. The van der Waals surface area contributed by atoms with Crippen molar-refractivity contribution in [2.45, 2.75) is 0 Å². The molecule has 0 amide bonds. The highest BCUT2D eigenvalue weighted by Crippen LogP contribution is 2.20. The molecule has 0 aliphatic carbocycles. The van der Waals surface area contributed by atoms with Crippen LogP contribution in [0.1, 0.15) is 0 Å². The third-order valence-corrected chi connectivity index (χ3v) is 1.79. The van der Waals surface area contributed by atoms with Gasteiger partial charge in [0.1, 0.15) is 12.0 Å². The first kappa shape index (κ1) is 8.43. The van der Waals surface area contributed by atoms with Crippen LogP contribution in [-0.2, 0) is 0 Å². The van der Waals surface area contributed by atoms with E-state index in [4.69, 9.17) is 10.3 Å². The molecule has 0 saturated heterocycles. The molecular formula is C9H7N3O2+. The first-order chi connectivity index (χ1) is 6.77. The molecule has 14 heavy (non-hydrogen) atoms. The maximum atomic E-state index is 10.8. The summed E-state index contributed by atoms with van der Waals surface area (Å²) in [6.07, 6.45) is 3.78. The molecule has 1 aromatic carbocycles. The smallest absolute Gasteiger partial charge is 0.292 e. The maximum Gasteiger partial charge on any atom is 0.292 e. The number of hydrogen-bond donors (Lipinski definition) is 1. The van der Waals surface area contributed by atoms with Crippen LogP contribution in [0.2, 0.25) is 0 Å². The van der Waals surface area contributed by atoms with Gasteiger partial charge in [-0.15, -0.1) is 0 Å². The van der Waals surface area contributed by atoms with Gasteiger partial charge >= 0.3 is 0 Å². The summed E-state index contributed by atoms with van der Waals surface area (Å²) in [5.41, 5.74) is 1.75. The van der Waals surface area contributed by atoms with Gasteiger partial charge in [0, 0.05) is 17.7 Å². The number of nitroso groups, excluding NO2 is 1. The minimum absolute atomic E-state index is 0.299. The van der Waals surface area contributed by atoms with Crippen molar-refractivity contribution in [1.82, 2.24) is 4.98 Å². The van der Waals surface area contributed by atoms with E-state index in [1.807, 2.05) is 0 Å². The third kappa shape index (κ3) is 1.47. The summed E-state index contributed by atoms with van der Waals surface area (Å²) in [6, 6.07) is 6.76. The zero-order valence-corrected chi connectivity index (χ0v) is 7.18. The Morgan fingerprint density at radius 3 is 3.00 bits per heavy atom. The third-order valence-electron chi connectivity index (χ3n) is 1.79. The molecule has 0 atom stereocenters. The topological polar surface area (TPSA) is 72.1 Å². The van der Waals surface area contributed by atoms with E-state index in [9.17, 15) is 4.91 Å². The summed E-state index contributed by atoms with van der Waals surface area (Å²) in [7, 11) is 0. The number of hydrogen-bond acceptors (Lipinski definition) is 3. The Balaban J connectivity index is 2.46. The average molecular weight is 189 g/mol. The zero-order valence-electron chi connectivity index (χ0n) is 7.18. The van der Waals surface area contributed by atoms with Gasteiger partial charge in [-0.3, -0.25) is 0 Å². The normalized spacial score (nSPS) is 10.0. The largest absolute Gasteiger partial charge is 0.440 e. The molecule has 1 radical (unpaired) electrons. The average Bonchev–Trinajstić information content (AvgIpc) is 2.71. The van der Waals surface area contributed by atoms with E-state index >= 15 is 0 Å². The first-order valence-corrected chi connectivity index (χ1v) is 3.91. The standard InChI is InChI=1S/C9H7N3O2/c10-12(13)8-3-1-2-7(4-8)9-5-14-6-11-9/h1-5H,(H2,10,13)/q+1. The second-order valence-corrected chi connectivity index (χ2v) is 2.70. The Kier molecular flexibility index (Phi) is 1.98. The summed E-state index contributed by atoms with van der Waals surface area (Å²) in [5.74, 6) is 5.06. The number of hydrazine groups is 1. The van der Waals surface area contributed by atoms with Gasteiger partial charge in [0.15, 0.2) is 4.87 Å². The summed E-state index contributed by atoms with van der Waals surface area (Å²) in [6.45, 7) is 0. The molecule has 0 fully saturated rings. The lowest BCUT2D eigenvalue weighted by atomic mass is 10.1. The molecule has 0 aliphatic heterocycles. The Labute approximate surface area is 79.7 Å². The summed E-state index contributed by atoms with van der Waals surface area (Å²) >= 11 is 0. The number of benzene rings is 1. The second-order valence-electron chi connectivity index (χ2n) is 2.70. The molecule has 2 N–H and O–H groups in total. The van der Waals surface area contributed by atoms with Crippen LogP contribution in [-0.4, -0.2) is 9.85 Å². The zero-order chi connectivity index (χ0) is 9.97. The lowest BCUT2D eigenvalue weighted by molar-refractivity contribution is -0.474. The fourth-order valence-electron chi connectivity index (χ4n) is 1.12. The van der Waals surface area contributed by atoms with Gasteiger partial charge in [0.25, 0.3) is 12.1 Å². The van der Waals surface area contributed by atoms with Crippen LogP contribution in [0.4, 0.5) is 5.69 Å². The molecular weight excluding hydrogens is 182 g/mol. The van der Waals surface area contributed by atoms with Crippen LogP contribution in [0.5, 0.6) is 0 Å². The van der Waals surface area contributed by atoms with E-state index in [1.165, 1.54) is 6.26 Å². The summed E-state index contributed by atoms with van der Waals surface area (Å²) in [4.78, 5) is 14.9. The molecule has 2 aromatic rings. The molecule has 0 saturated carbocycles. The minimum Gasteiger partial charge on any atom is -0.440 e. The van der Waals surface area contributed by atoms with Gasteiger partial charge < -0.3 is 4.42 Å². The van der Waals surface area contributed by atoms with Crippen LogP contribution in [0.25, 0.3) is 11.3 Å². The van der Waals surface area contributed by atoms with E-state index in [1.54, 1.807) is 24.3 Å². The van der Waals surface area contributed by atoms with Crippen LogP contribution in [0.3, 0.4) is 0 Å². The molecule has 2 rings (SSSR count). The number of nitrogens with zero attached hydrogens (tertiary/aromatic N) is 2. The van der Waals surface area contributed by atoms with Gasteiger partial charge in [-0.05, 0) is 0 Å². The van der Waals surface area contributed by atoms with E-state index in [-0.39, 0.29) is 0 Å². The lowest BCUT2D eigenvalue weighted by Crippen LogP contribution is -2.08. The second kappa shape index (κ2) is 3.29. The van der Waals surface area contributed by atoms with Crippen molar-refractivity contribution < 1.29 is 9.29 Å². The molecule has 5 heteroatoms. The fraction of sp³-hybridized carbons (Fsp3) is 0. The quantitative estimate of drug-likeness (QED) is 0.440. The van der Waals surface area contributed by atoms with E-state index < -0.39 is 0 Å². The number of rotatable bonds is 2. The number of aromatic nitrogens is 1. The SMILES string of the molecule is N[N+](=O)c1cccc(-c2co[c]n2)c1. The maximum absolute atomic E-state index is 10.8. The van der Waals surface area contributed by atoms with Crippen LogP contribution in [0, 0.1) is 11.3 Å². The molecule has 0 unspecified atom stereocenters. The number of oxazole rings is 1. The van der Waals surface area contributed by atoms with Gasteiger partial charge in [0.2, 0.25) is 0 Å². The highest BCUT2D eigenvalue weighted by Gasteiger charge is 2.10.